The van der Waals surface area contributed by atoms with Crippen LogP contribution in [0.15, 0.2) is 53.3 Å². The molecule has 0 fully saturated rings. The number of amides is 1. The van der Waals surface area contributed by atoms with Gasteiger partial charge in [0, 0.05) is 21.8 Å². The number of carbonyl (C=O) groups excluding carboxylic acids is 1. The summed E-state index contributed by atoms with van der Waals surface area (Å²) in [6, 6.07) is 12.3. The molecule has 0 saturated carbocycles. The number of hydrogen-bond acceptors (Lipinski definition) is 4. The van der Waals surface area contributed by atoms with Crippen LogP contribution in [-0.2, 0) is 0 Å². The number of halogens is 1. The molecule has 0 unspecified atom stereocenters. The van der Waals surface area contributed by atoms with E-state index in [0.29, 0.717) is 22.2 Å². The summed E-state index contributed by atoms with van der Waals surface area (Å²) in [5.74, 6) is 0.203. The van der Waals surface area contributed by atoms with Crippen molar-refractivity contribution in [3.8, 4) is 11.5 Å². The molecular formula is C16H12ClN3O2. The minimum atomic E-state index is -0.211. The molecule has 3 aromatic rings. The fourth-order valence-corrected chi connectivity index (χ4v) is 2.12. The number of rotatable bonds is 3. The van der Waals surface area contributed by atoms with Gasteiger partial charge in [-0.25, -0.2) is 0 Å². The van der Waals surface area contributed by atoms with Gasteiger partial charge in [-0.05, 0) is 48.9 Å². The van der Waals surface area contributed by atoms with Crippen molar-refractivity contribution in [3.05, 3.63) is 65.0 Å². The third-order valence-corrected chi connectivity index (χ3v) is 3.59. The SMILES string of the molecule is Cc1ccc(NC(=O)c2ccc(-c3nnco3)cc2)cc1Cl. The summed E-state index contributed by atoms with van der Waals surface area (Å²) in [7, 11) is 0. The number of aryl methyl sites for hydroxylation is 1. The smallest absolute Gasteiger partial charge is 0.255 e. The Morgan fingerprint density at radius 3 is 2.59 bits per heavy atom. The van der Waals surface area contributed by atoms with E-state index in [2.05, 4.69) is 15.5 Å². The van der Waals surface area contributed by atoms with E-state index in [4.69, 9.17) is 16.0 Å². The molecule has 2 aromatic carbocycles. The molecule has 22 heavy (non-hydrogen) atoms. The highest BCUT2D eigenvalue weighted by Gasteiger charge is 2.09. The van der Waals surface area contributed by atoms with E-state index in [1.165, 1.54) is 6.39 Å². The maximum absolute atomic E-state index is 12.2. The third-order valence-electron chi connectivity index (χ3n) is 3.18. The van der Waals surface area contributed by atoms with Gasteiger partial charge in [-0.1, -0.05) is 17.7 Å². The molecule has 0 aliphatic heterocycles. The van der Waals surface area contributed by atoms with Crippen molar-refractivity contribution in [2.24, 2.45) is 0 Å². The third kappa shape index (κ3) is 2.99. The average molecular weight is 314 g/mol. The minimum Gasteiger partial charge on any atom is -0.423 e. The Morgan fingerprint density at radius 1 is 1.18 bits per heavy atom. The molecule has 1 N–H and O–H groups in total. The summed E-state index contributed by atoms with van der Waals surface area (Å²) in [5, 5.41) is 10.9. The number of hydrogen-bond donors (Lipinski definition) is 1. The first-order valence-electron chi connectivity index (χ1n) is 6.57. The Balaban J connectivity index is 1.76. The van der Waals surface area contributed by atoms with Gasteiger partial charge in [0.1, 0.15) is 0 Å². The molecule has 1 aromatic heterocycles. The maximum atomic E-state index is 12.2. The zero-order chi connectivity index (χ0) is 15.5. The number of carbonyl (C=O) groups is 1. The van der Waals surface area contributed by atoms with Gasteiger partial charge in [-0.2, -0.15) is 0 Å². The second kappa shape index (κ2) is 5.99. The fourth-order valence-electron chi connectivity index (χ4n) is 1.94. The molecule has 1 heterocycles. The average Bonchev–Trinajstić information content (AvgIpc) is 3.05. The van der Waals surface area contributed by atoms with Gasteiger partial charge in [0.25, 0.3) is 5.91 Å². The zero-order valence-electron chi connectivity index (χ0n) is 11.7. The van der Waals surface area contributed by atoms with Crippen molar-refractivity contribution < 1.29 is 9.21 Å². The monoisotopic (exact) mass is 313 g/mol. The molecule has 3 rings (SSSR count). The van der Waals surface area contributed by atoms with Crippen molar-refractivity contribution >= 4 is 23.2 Å². The lowest BCUT2D eigenvalue weighted by Gasteiger charge is -2.07. The van der Waals surface area contributed by atoms with Gasteiger partial charge in [0.2, 0.25) is 12.3 Å². The van der Waals surface area contributed by atoms with Gasteiger partial charge in [-0.15, -0.1) is 10.2 Å². The first kappa shape index (κ1) is 14.3. The van der Waals surface area contributed by atoms with Crippen molar-refractivity contribution in [1.29, 1.82) is 0 Å². The molecule has 0 radical (unpaired) electrons. The molecule has 110 valence electrons. The maximum Gasteiger partial charge on any atom is 0.255 e. The van der Waals surface area contributed by atoms with E-state index in [1.807, 2.05) is 19.1 Å². The van der Waals surface area contributed by atoms with E-state index in [0.717, 1.165) is 11.1 Å². The van der Waals surface area contributed by atoms with Gasteiger partial charge >= 0.3 is 0 Å². The summed E-state index contributed by atoms with van der Waals surface area (Å²) >= 11 is 6.05. The van der Waals surface area contributed by atoms with Crippen LogP contribution < -0.4 is 5.32 Å². The molecule has 0 spiro atoms. The molecule has 5 nitrogen and oxygen atoms in total. The topological polar surface area (TPSA) is 68.0 Å². The Morgan fingerprint density at radius 2 is 1.95 bits per heavy atom. The first-order chi connectivity index (χ1) is 10.6. The number of anilines is 1. The predicted molar refractivity (Wildman–Crippen MR) is 83.9 cm³/mol. The van der Waals surface area contributed by atoms with Gasteiger partial charge in [-0.3, -0.25) is 4.79 Å². The minimum absolute atomic E-state index is 0.211. The van der Waals surface area contributed by atoms with E-state index in [9.17, 15) is 4.79 Å². The summed E-state index contributed by atoms with van der Waals surface area (Å²) in [5.41, 5.74) is 2.90. The number of aromatic nitrogens is 2. The quantitative estimate of drug-likeness (QED) is 0.795. The largest absolute Gasteiger partial charge is 0.423 e. The van der Waals surface area contributed by atoms with E-state index < -0.39 is 0 Å². The highest BCUT2D eigenvalue weighted by molar-refractivity contribution is 6.31. The van der Waals surface area contributed by atoms with Gasteiger partial charge < -0.3 is 9.73 Å². The standard InChI is InChI=1S/C16H12ClN3O2/c1-10-2-7-13(8-14(10)17)19-15(21)11-3-5-12(6-4-11)16-20-18-9-22-16/h2-9H,1H3,(H,19,21). The molecular weight excluding hydrogens is 302 g/mol. The van der Waals surface area contributed by atoms with Crippen molar-refractivity contribution in [2.45, 2.75) is 6.92 Å². The van der Waals surface area contributed by atoms with Crippen LogP contribution in [0, 0.1) is 6.92 Å². The Kier molecular flexibility index (Phi) is 3.89. The predicted octanol–water partition coefficient (Wildman–Crippen LogP) is 3.95. The highest BCUT2D eigenvalue weighted by atomic mass is 35.5. The molecule has 0 aliphatic rings. The van der Waals surface area contributed by atoms with Crippen molar-refractivity contribution in [1.82, 2.24) is 10.2 Å². The summed E-state index contributed by atoms with van der Waals surface area (Å²) in [6.07, 6.45) is 1.26. The fraction of sp³-hybridized carbons (Fsp3) is 0.0625. The van der Waals surface area contributed by atoms with Crippen LogP contribution in [0.25, 0.3) is 11.5 Å². The lowest BCUT2D eigenvalue weighted by Crippen LogP contribution is -2.11. The van der Waals surface area contributed by atoms with Crippen LogP contribution in [0.2, 0.25) is 5.02 Å². The second-order valence-corrected chi connectivity index (χ2v) is 5.15. The Labute approximate surface area is 131 Å². The normalized spacial score (nSPS) is 10.5. The van der Waals surface area contributed by atoms with Gasteiger partial charge in [0.05, 0.1) is 0 Å². The molecule has 0 atom stereocenters. The van der Waals surface area contributed by atoms with Crippen LogP contribution >= 0.6 is 11.6 Å². The molecule has 0 saturated heterocycles. The highest BCUT2D eigenvalue weighted by Crippen LogP contribution is 2.21. The first-order valence-corrected chi connectivity index (χ1v) is 6.95. The van der Waals surface area contributed by atoms with E-state index in [1.54, 1.807) is 30.3 Å². The lowest BCUT2D eigenvalue weighted by atomic mass is 10.1. The molecule has 1 amide bonds. The number of nitrogens with zero attached hydrogens (tertiary/aromatic N) is 2. The Bertz CT molecular complexity index is 799. The molecule has 6 heteroatoms. The summed E-state index contributed by atoms with van der Waals surface area (Å²) in [6.45, 7) is 1.91. The van der Waals surface area contributed by atoms with Crippen molar-refractivity contribution in [2.75, 3.05) is 5.32 Å². The van der Waals surface area contributed by atoms with Crippen LogP contribution in [0.1, 0.15) is 15.9 Å². The van der Waals surface area contributed by atoms with Crippen molar-refractivity contribution in [3.63, 3.8) is 0 Å². The number of nitrogens with one attached hydrogen (secondary N) is 1. The summed E-state index contributed by atoms with van der Waals surface area (Å²) in [4.78, 5) is 12.2. The van der Waals surface area contributed by atoms with Crippen LogP contribution in [0.4, 0.5) is 5.69 Å². The Hall–Kier alpha value is -2.66. The van der Waals surface area contributed by atoms with Crippen LogP contribution in [0.5, 0.6) is 0 Å². The van der Waals surface area contributed by atoms with Gasteiger partial charge in [0.15, 0.2) is 0 Å². The van der Waals surface area contributed by atoms with Crippen LogP contribution in [-0.4, -0.2) is 16.1 Å². The summed E-state index contributed by atoms with van der Waals surface area (Å²) < 4.78 is 5.10. The molecule has 0 aliphatic carbocycles. The zero-order valence-corrected chi connectivity index (χ0v) is 12.5. The van der Waals surface area contributed by atoms with Crippen LogP contribution in [0.3, 0.4) is 0 Å². The lowest BCUT2D eigenvalue weighted by molar-refractivity contribution is 0.102. The van der Waals surface area contributed by atoms with E-state index in [-0.39, 0.29) is 5.91 Å². The number of benzene rings is 2. The second-order valence-electron chi connectivity index (χ2n) is 4.74. The molecule has 0 bridgehead atoms. The van der Waals surface area contributed by atoms with E-state index >= 15 is 0 Å².